The maximum absolute atomic E-state index is 13.4. The van der Waals surface area contributed by atoms with Crippen molar-refractivity contribution in [3.8, 4) is 0 Å². The van der Waals surface area contributed by atoms with E-state index < -0.39 is 33.9 Å². The topological polar surface area (TPSA) is 74.8 Å². The number of sulfonamides is 1. The molecular weight excluding hydrogens is 435 g/mol. The van der Waals surface area contributed by atoms with Gasteiger partial charge in [-0.1, -0.05) is 30.1 Å². The molecule has 1 saturated heterocycles. The molecule has 0 N–H and O–H groups in total. The molecule has 2 atom stereocenters. The first-order valence-corrected chi connectivity index (χ1v) is 11.3. The first-order valence-electron chi connectivity index (χ1n) is 9.08. The minimum absolute atomic E-state index is 0.0207. The van der Waals surface area contributed by atoms with E-state index in [-0.39, 0.29) is 11.3 Å². The van der Waals surface area contributed by atoms with Crippen molar-refractivity contribution in [3.05, 3.63) is 58.6 Å². The highest BCUT2D eigenvalue weighted by atomic mass is 35.5. The van der Waals surface area contributed by atoms with E-state index in [0.29, 0.717) is 22.2 Å². The minimum atomic E-state index is -4.03. The van der Waals surface area contributed by atoms with Crippen molar-refractivity contribution in [1.29, 1.82) is 0 Å². The van der Waals surface area contributed by atoms with Gasteiger partial charge in [0.1, 0.15) is 6.04 Å². The normalized spacial score (nSPS) is 18.5. The van der Waals surface area contributed by atoms with E-state index in [1.807, 2.05) is 6.92 Å². The smallest absolute Gasteiger partial charge is 0.252 e. The van der Waals surface area contributed by atoms with Crippen LogP contribution in [0.2, 0.25) is 10.0 Å². The van der Waals surface area contributed by atoms with Crippen LogP contribution in [0.3, 0.4) is 0 Å². The second-order valence-electron chi connectivity index (χ2n) is 6.81. The summed E-state index contributed by atoms with van der Waals surface area (Å²) in [5.41, 5.74) is 0.361. The Morgan fingerprint density at radius 2 is 1.55 bits per heavy atom. The predicted octanol–water partition coefficient (Wildman–Crippen LogP) is 4.11. The Hall–Kier alpha value is -1.93. The highest BCUT2D eigenvalue weighted by molar-refractivity contribution is 7.89. The van der Waals surface area contributed by atoms with Crippen LogP contribution in [0.15, 0.2) is 53.4 Å². The van der Waals surface area contributed by atoms with Crippen molar-refractivity contribution in [2.45, 2.75) is 43.7 Å². The zero-order valence-electron chi connectivity index (χ0n) is 15.9. The molecule has 1 fully saturated rings. The average Bonchev–Trinajstić information content (AvgIpc) is 2.96. The van der Waals surface area contributed by atoms with Gasteiger partial charge in [0, 0.05) is 16.1 Å². The molecule has 1 aliphatic rings. The summed E-state index contributed by atoms with van der Waals surface area (Å²) in [7, 11) is -4.03. The molecule has 0 bridgehead atoms. The summed E-state index contributed by atoms with van der Waals surface area (Å²) >= 11 is 11.8. The third-order valence-corrected chi connectivity index (χ3v) is 7.47. The molecule has 0 saturated carbocycles. The van der Waals surface area contributed by atoms with E-state index in [1.54, 1.807) is 31.2 Å². The summed E-state index contributed by atoms with van der Waals surface area (Å²) in [4.78, 5) is 26.8. The van der Waals surface area contributed by atoms with Gasteiger partial charge in [0.05, 0.1) is 17.0 Å². The van der Waals surface area contributed by atoms with E-state index in [9.17, 15) is 18.0 Å². The Morgan fingerprint density at radius 3 is 2.07 bits per heavy atom. The molecular formula is C20H20Cl2N2O4S. The van der Waals surface area contributed by atoms with Crippen molar-refractivity contribution >= 4 is 50.7 Å². The number of hydrogen-bond donors (Lipinski definition) is 0. The lowest BCUT2D eigenvalue weighted by Crippen LogP contribution is -2.49. The first kappa shape index (κ1) is 21.8. The number of carbonyl (C=O) groups is 2. The lowest BCUT2D eigenvalue weighted by molar-refractivity contribution is -0.122. The zero-order chi connectivity index (χ0) is 21.3. The highest BCUT2D eigenvalue weighted by Crippen LogP contribution is 2.32. The molecule has 2 unspecified atom stereocenters. The summed E-state index contributed by atoms with van der Waals surface area (Å²) in [6.07, 6.45) is 0.254. The Bertz CT molecular complexity index is 1020. The average molecular weight is 455 g/mol. The molecule has 154 valence electrons. The van der Waals surface area contributed by atoms with Gasteiger partial charge < -0.3 is 0 Å². The molecule has 0 aliphatic carbocycles. The standard InChI is InChI=1S/C20H20Cl2N2O4S/c1-3-13(2)24(29(27,28)17-10-6-15(22)7-11-17)18-12-19(25)23(20(18)26)16-8-4-14(21)5-9-16/h4-11,13,18H,3,12H2,1-2H3. The van der Waals surface area contributed by atoms with Gasteiger partial charge >= 0.3 is 0 Å². The van der Waals surface area contributed by atoms with Crippen molar-refractivity contribution in [2.75, 3.05) is 4.90 Å². The number of rotatable bonds is 6. The summed E-state index contributed by atoms with van der Waals surface area (Å²) in [6, 6.07) is 10.4. The van der Waals surface area contributed by atoms with Crippen LogP contribution in [-0.4, -0.2) is 36.6 Å². The van der Waals surface area contributed by atoms with Crippen molar-refractivity contribution < 1.29 is 18.0 Å². The molecule has 29 heavy (non-hydrogen) atoms. The van der Waals surface area contributed by atoms with Gasteiger partial charge in [0.15, 0.2) is 0 Å². The van der Waals surface area contributed by atoms with Gasteiger partial charge in [-0.25, -0.2) is 13.3 Å². The van der Waals surface area contributed by atoms with Crippen LogP contribution in [0.4, 0.5) is 5.69 Å². The molecule has 1 heterocycles. The van der Waals surface area contributed by atoms with Gasteiger partial charge in [-0.3, -0.25) is 9.59 Å². The fourth-order valence-electron chi connectivity index (χ4n) is 3.30. The molecule has 1 aliphatic heterocycles. The Labute approximate surface area is 180 Å². The summed E-state index contributed by atoms with van der Waals surface area (Å²) in [6.45, 7) is 3.55. The fraction of sp³-hybridized carbons (Fsp3) is 0.300. The van der Waals surface area contributed by atoms with E-state index in [0.717, 1.165) is 9.21 Å². The molecule has 0 spiro atoms. The van der Waals surface area contributed by atoms with E-state index >= 15 is 0 Å². The number of benzene rings is 2. The Balaban J connectivity index is 2.01. The van der Waals surface area contributed by atoms with E-state index in [4.69, 9.17) is 23.2 Å². The molecule has 2 aromatic carbocycles. The molecule has 9 heteroatoms. The third-order valence-electron chi connectivity index (χ3n) is 4.93. The lowest BCUT2D eigenvalue weighted by atomic mass is 10.2. The maximum Gasteiger partial charge on any atom is 0.252 e. The van der Waals surface area contributed by atoms with Crippen LogP contribution in [0.25, 0.3) is 0 Å². The van der Waals surface area contributed by atoms with Gasteiger partial charge in [-0.15, -0.1) is 0 Å². The molecule has 3 rings (SSSR count). The van der Waals surface area contributed by atoms with Crippen LogP contribution in [-0.2, 0) is 19.6 Å². The van der Waals surface area contributed by atoms with Crippen LogP contribution < -0.4 is 4.90 Å². The Kier molecular flexibility index (Phi) is 6.33. The number of anilines is 1. The van der Waals surface area contributed by atoms with Crippen LogP contribution in [0.5, 0.6) is 0 Å². The van der Waals surface area contributed by atoms with Crippen LogP contribution in [0.1, 0.15) is 26.7 Å². The molecule has 6 nitrogen and oxygen atoms in total. The van der Waals surface area contributed by atoms with Gasteiger partial charge in [-0.2, -0.15) is 4.31 Å². The Morgan fingerprint density at radius 1 is 1.03 bits per heavy atom. The van der Waals surface area contributed by atoms with Gasteiger partial charge in [0.25, 0.3) is 5.91 Å². The predicted molar refractivity (Wildman–Crippen MR) is 113 cm³/mol. The van der Waals surface area contributed by atoms with Crippen molar-refractivity contribution in [2.24, 2.45) is 0 Å². The monoisotopic (exact) mass is 454 g/mol. The molecule has 2 aromatic rings. The lowest BCUT2D eigenvalue weighted by Gasteiger charge is -2.31. The summed E-state index contributed by atoms with van der Waals surface area (Å²) < 4.78 is 27.9. The number of carbonyl (C=O) groups excluding carboxylic acids is 2. The first-order chi connectivity index (χ1) is 13.7. The fourth-order valence-corrected chi connectivity index (χ4v) is 5.39. The number of imide groups is 1. The number of nitrogens with zero attached hydrogens (tertiary/aromatic N) is 2. The van der Waals surface area contributed by atoms with Crippen molar-refractivity contribution in [1.82, 2.24) is 4.31 Å². The number of amides is 2. The minimum Gasteiger partial charge on any atom is -0.274 e. The quantitative estimate of drug-likeness (QED) is 0.615. The van der Waals surface area contributed by atoms with E-state index in [1.165, 1.54) is 24.3 Å². The molecule has 2 amide bonds. The summed E-state index contributed by atoms with van der Waals surface area (Å²) in [5, 5.41) is 0.871. The van der Waals surface area contributed by atoms with Gasteiger partial charge in [-0.05, 0) is 61.9 Å². The van der Waals surface area contributed by atoms with Gasteiger partial charge in [0.2, 0.25) is 15.9 Å². The van der Waals surface area contributed by atoms with Crippen molar-refractivity contribution in [3.63, 3.8) is 0 Å². The molecule has 0 radical (unpaired) electrons. The van der Waals surface area contributed by atoms with E-state index in [2.05, 4.69) is 0 Å². The highest BCUT2D eigenvalue weighted by Gasteiger charge is 2.48. The maximum atomic E-state index is 13.4. The second-order valence-corrected chi connectivity index (χ2v) is 9.53. The summed E-state index contributed by atoms with van der Waals surface area (Å²) in [5.74, 6) is -1.03. The number of halogens is 2. The van der Waals surface area contributed by atoms with Crippen LogP contribution in [0, 0.1) is 0 Å². The third kappa shape index (κ3) is 4.19. The second kappa shape index (κ2) is 8.44. The zero-order valence-corrected chi connectivity index (χ0v) is 18.2. The van der Waals surface area contributed by atoms with Crippen LogP contribution >= 0.6 is 23.2 Å². The largest absolute Gasteiger partial charge is 0.274 e. The SMILES string of the molecule is CCC(C)N(C1CC(=O)N(c2ccc(Cl)cc2)C1=O)S(=O)(=O)c1ccc(Cl)cc1. The number of hydrogen-bond acceptors (Lipinski definition) is 4. The molecule has 0 aromatic heterocycles.